The number of carbonyl (C=O) groups is 3. The number of fused-ring (bicyclic) bond motifs is 2. The van der Waals surface area contributed by atoms with Crippen LogP contribution in [0.3, 0.4) is 0 Å². The van der Waals surface area contributed by atoms with E-state index in [4.69, 9.17) is 22.3 Å². The first-order valence-corrected chi connectivity index (χ1v) is 17.6. The maximum Gasteiger partial charge on any atom is 0.222 e. The molecule has 1 atom stereocenters. The Morgan fingerprint density at radius 1 is 0.860 bits per heavy atom. The molecule has 232 valence electrons. The SMILES string of the molecule is NC(=O)CCCCCC(=O)N1CCC(CC(=O)N2CCC([C@H]3c4ncc(Br)cc4CCc4cc(Cl)cc(Br)c43)CC2)CC1. The van der Waals surface area contributed by atoms with Crippen molar-refractivity contribution in [2.75, 3.05) is 26.2 Å². The van der Waals surface area contributed by atoms with Crippen molar-refractivity contribution in [3.05, 3.63) is 60.7 Å². The molecule has 2 fully saturated rings. The molecule has 1 aliphatic carbocycles. The van der Waals surface area contributed by atoms with E-state index in [1.165, 1.54) is 16.7 Å². The van der Waals surface area contributed by atoms with E-state index in [1.54, 1.807) is 0 Å². The molecule has 0 spiro atoms. The Bertz CT molecular complexity index is 1340. The Hall–Kier alpha value is -1.97. The van der Waals surface area contributed by atoms with Gasteiger partial charge in [0.25, 0.3) is 0 Å². The zero-order valence-electron chi connectivity index (χ0n) is 24.6. The summed E-state index contributed by atoms with van der Waals surface area (Å²) in [5.41, 5.74) is 10.2. The van der Waals surface area contributed by atoms with E-state index in [0.29, 0.717) is 31.1 Å². The highest BCUT2D eigenvalue weighted by molar-refractivity contribution is 9.10. The van der Waals surface area contributed by atoms with E-state index < -0.39 is 0 Å². The minimum atomic E-state index is -0.284. The van der Waals surface area contributed by atoms with Gasteiger partial charge in [0.15, 0.2) is 0 Å². The molecular weight excluding hydrogens is 696 g/mol. The van der Waals surface area contributed by atoms with E-state index in [1.807, 2.05) is 17.2 Å². The summed E-state index contributed by atoms with van der Waals surface area (Å²) in [6.07, 6.45) is 11.2. The van der Waals surface area contributed by atoms with Gasteiger partial charge in [0.05, 0.1) is 5.69 Å². The molecule has 2 aliphatic heterocycles. The highest BCUT2D eigenvalue weighted by Gasteiger charge is 2.37. The number of hydrogen-bond acceptors (Lipinski definition) is 4. The van der Waals surface area contributed by atoms with Crippen LogP contribution in [0.2, 0.25) is 5.02 Å². The van der Waals surface area contributed by atoms with Crippen molar-refractivity contribution >= 4 is 61.2 Å². The lowest BCUT2D eigenvalue weighted by Gasteiger charge is -2.38. The third-order valence-electron chi connectivity index (χ3n) is 9.53. The van der Waals surface area contributed by atoms with E-state index in [9.17, 15) is 14.4 Å². The number of primary amides is 1. The number of aromatic nitrogens is 1. The van der Waals surface area contributed by atoms with Gasteiger partial charge >= 0.3 is 0 Å². The number of nitrogens with two attached hydrogens (primary N) is 1. The summed E-state index contributed by atoms with van der Waals surface area (Å²) in [4.78, 5) is 45.8. The zero-order chi connectivity index (χ0) is 30.5. The van der Waals surface area contributed by atoms with Crippen LogP contribution >= 0.6 is 43.5 Å². The lowest BCUT2D eigenvalue weighted by atomic mass is 9.76. The Kier molecular flexibility index (Phi) is 11.2. The topological polar surface area (TPSA) is 96.6 Å². The lowest BCUT2D eigenvalue weighted by molar-refractivity contribution is -0.135. The molecule has 2 N–H and O–H groups in total. The van der Waals surface area contributed by atoms with Gasteiger partial charge in [-0.1, -0.05) is 34.0 Å². The number of piperidine rings is 2. The Morgan fingerprint density at radius 3 is 2.23 bits per heavy atom. The number of nitrogens with zero attached hydrogens (tertiary/aromatic N) is 3. The Morgan fingerprint density at radius 2 is 1.51 bits per heavy atom. The number of likely N-dealkylation sites (tertiary alicyclic amines) is 2. The highest BCUT2D eigenvalue weighted by Crippen LogP contribution is 2.46. The number of carbonyl (C=O) groups excluding carboxylic acids is 3. The van der Waals surface area contributed by atoms with Crippen molar-refractivity contribution in [3.63, 3.8) is 0 Å². The second-order valence-electron chi connectivity index (χ2n) is 12.4. The molecule has 2 saturated heterocycles. The molecule has 0 bridgehead atoms. The maximum atomic E-state index is 13.4. The number of aryl methyl sites for hydroxylation is 2. The van der Waals surface area contributed by atoms with Crippen molar-refractivity contribution < 1.29 is 14.4 Å². The Labute approximate surface area is 276 Å². The second-order valence-corrected chi connectivity index (χ2v) is 14.6. The minimum absolute atomic E-state index is 0.162. The van der Waals surface area contributed by atoms with Crippen LogP contribution in [0.25, 0.3) is 0 Å². The zero-order valence-corrected chi connectivity index (χ0v) is 28.6. The molecule has 3 heterocycles. The molecule has 1 aromatic carbocycles. The summed E-state index contributed by atoms with van der Waals surface area (Å²) in [6, 6.07) is 6.32. The fourth-order valence-electron chi connectivity index (χ4n) is 7.19. The largest absolute Gasteiger partial charge is 0.370 e. The summed E-state index contributed by atoms with van der Waals surface area (Å²) >= 11 is 13.9. The van der Waals surface area contributed by atoms with Crippen LogP contribution < -0.4 is 5.73 Å². The van der Waals surface area contributed by atoms with E-state index in [0.717, 1.165) is 104 Å². The number of rotatable bonds is 9. The smallest absolute Gasteiger partial charge is 0.222 e. The number of halogens is 3. The first-order valence-electron chi connectivity index (χ1n) is 15.7. The summed E-state index contributed by atoms with van der Waals surface area (Å²) < 4.78 is 2.05. The van der Waals surface area contributed by atoms with E-state index in [2.05, 4.69) is 48.9 Å². The lowest BCUT2D eigenvalue weighted by Crippen LogP contribution is -2.43. The van der Waals surface area contributed by atoms with Crippen LogP contribution in [0.4, 0.5) is 0 Å². The third-order valence-corrected chi connectivity index (χ3v) is 10.8. The number of pyridine rings is 1. The number of unbranched alkanes of at least 4 members (excludes halogenated alkanes) is 2. The quantitative estimate of drug-likeness (QED) is 0.287. The minimum Gasteiger partial charge on any atom is -0.370 e. The summed E-state index contributed by atoms with van der Waals surface area (Å²) in [5.74, 6) is 1.02. The van der Waals surface area contributed by atoms with Crippen LogP contribution in [-0.2, 0) is 27.2 Å². The van der Waals surface area contributed by atoms with E-state index in [-0.39, 0.29) is 23.6 Å². The standard InChI is InChI=1S/C33H41Br2ClN4O3/c34-25-17-24-7-6-23-18-26(36)19-27(35)31(23)32(33(24)38-20-25)22-10-14-40(15-11-22)30(43)16-21-8-12-39(13-9-21)29(42)5-3-1-2-4-28(37)41/h17-22,32H,1-16H2,(H2,37,41)/t32-/m1/s1. The maximum absolute atomic E-state index is 13.4. The normalized spacial score (nSPS) is 19.5. The van der Waals surface area contributed by atoms with Gasteiger partial charge in [-0.3, -0.25) is 19.4 Å². The molecule has 0 saturated carbocycles. The molecule has 3 amide bonds. The molecular formula is C33H41Br2ClN4O3. The molecule has 1 aromatic heterocycles. The van der Waals surface area contributed by atoms with Gasteiger partial charge in [0.2, 0.25) is 17.7 Å². The van der Waals surface area contributed by atoms with Gasteiger partial charge in [-0.15, -0.1) is 0 Å². The van der Waals surface area contributed by atoms with Crippen LogP contribution in [0.5, 0.6) is 0 Å². The molecule has 0 radical (unpaired) electrons. The van der Waals surface area contributed by atoms with Gasteiger partial charge in [-0.2, -0.15) is 0 Å². The van der Waals surface area contributed by atoms with Crippen LogP contribution in [0, 0.1) is 11.8 Å². The molecule has 5 rings (SSSR count). The van der Waals surface area contributed by atoms with Gasteiger partial charge in [0, 0.05) is 71.5 Å². The van der Waals surface area contributed by atoms with Gasteiger partial charge in [0.1, 0.15) is 0 Å². The van der Waals surface area contributed by atoms with Crippen molar-refractivity contribution in [3.8, 4) is 0 Å². The average Bonchev–Trinajstić information content (AvgIpc) is 3.14. The van der Waals surface area contributed by atoms with Gasteiger partial charge in [-0.05, 0) is 114 Å². The number of benzene rings is 1. The summed E-state index contributed by atoms with van der Waals surface area (Å²) in [5, 5.41) is 0.747. The molecule has 10 heteroatoms. The van der Waals surface area contributed by atoms with Crippen molar-refractivity contribution in [2.45, 2.75) is 83.0 Å². The Balaban J connectivity index is 1.14. The highest BCUT2D eigenvalue weighted by atomic mass is 79.9. The summed E-state index contributed by atoms with van der Waals surface area (Å²) in [7, 11) is 0. The summed E-state index contributed by atoms with van der Waals surface area (Å²) in [6.45, 7) is 2.98. The molecule has 2 aromatic rings. The van der Waals surface area contributed by atoms with Gasteiger partial charge in [-0.25, -0.2) is 0 Å². The second kappa shape index (κ2) is 14.9. The van der Waals surface area contributed by atoms with Crippen LogP contribution in [0.1, 0.15) is 92.5 Å². The molecule has 43 heavy (non-hydrogen) atoms. The van der Waals surface area contributed by atoms with Crippen LogP contribution in [0.15, 0.2) is 33.3 Å². The number of hydrogen-bond donors (Lipinski definition) is 1. The third kappa shape index (κ3) is 8.20. The first-order chi connectivity index (χ1) is 20.7. The number of amides is 3. The van der Waals surface area contributed by atoms with Crippen molar-refractivity contribution in [2.24, 2.45) is 17.6 Å². The predicted octanol–water partition coefficient (Wildman–Crippen LogP) is 6.79. The van der Waals surface area contributed by atoms with Gasteiger partial charge < -0.3 is 15.5 Å². The predicted molar refractivity (Wildman–Crippen MR) is 176 cm³/mol. The molecule has 7 nitrogen and oxygen atoms in total. The fraction of sp³-hybridized carbons (Fsp3) is 0.576. The average molecular weight is 737 g/mol. The van der Waals surface area contributed by atoms with Crippen molar-refractivity contribution in [1.29, 1.82) is 0 Å². The molecule has 3 aliphatic rings. The van der Waals surface area contributed by atoms with Crippen LogP contribution in [-0.4, -0.2) is 58.7 Å². The molecule has 0 unspecified atom stereocenters. The first kappa shape index (κ1) is 32.4. The fourth-order valence-corrected chi connectivity index (χ4v) is 8.68. The van der Waals surface area contributed by atoms with E-state index >= 15 is 0 Å². The monoisotopic (exact) mass is 734 g/mol. The van der Waals surface area contributed by atoms with Crippen molar-refractivity contribution in [1.82, 2.24) is 14.8 Å².